The molecule has 0 saturated carbocycles. The van der Waals surface area contributed by atoms with E-state index in [0.717, 1.165) is 119 Å². The van der Waals surface area contributed by atoms with Gasteiger partial charge in [-0.3, -0.25) is 4.79 Å². The molecule has 0 radical (unpaired) electrons. The van der Waals surface area contributed by atoms with E-state index >= 15 is 0 Å². The molecule has 5 nitrogen and oxygen atoms in total. The molecule has 0 spiro atoms. The zero-order chi connectivity index (χ0) is 33.0. The van der Waals surface area contributed by atoms with E-state index in [1.54, 1.807) is 0 Å². The van der Waals surface area contributed by atoms with Crippen LogP contribution in [0.15, 0.2) is 12.2 Å². The molecule has 9 heteroatoms. The molecule has 0 rings (SSSR count). The fourth-order valence-corrected chi connectivity index (χ4v) is 33.1. The fourth-order valence-electron chi connectivity index (χ4n) is 7.59. The Labute approximate surface area is 273 Å². The molecule has 256 valence electrons. The highest BCUT2D eigenvalue weighted by molar-refractivity contribution is 6.93. The predicted octanol–water partition coefficient (Wildman–Crippen LogP) is 11.5. The van der Waals surface area contributed by atoms with Crippen LogP contribution in [0.25, 0.3) is 0 Å². The summed E-state index contributed by atoms with van der Waals surface area (Å²) < 4.78 is 24.1. The van der Waals surface area contributed by atoms with Crippen molar-refractivity contribution in [3.05, 3.63) is 12.2 Å². The third-order valence-corrected chi connectivity index (χ3v) is 31.7. The van der Waals surface area contributed by atoms with Gasteiger partial charge in [-0.25, -0.2) is 0 Å². The van der Waals surface area contributed by atoms with Gasteiger partial charge in [-0.05, 0) is 67.7 Å². The highest BCUT2D eigenvalue weighted by Gasteiger charge is 2.61. The summed E-state index contributed by atoms with van der Waals surface area (Å²) >= 11 is 0. The third-order valence-electron chi connectivity index (χ3n) is 8.95. The lowest BCUT2D eigenvalue weighted by Crippen LogP contribution is -2.73. The van der Waals surface area contributed by atoms with Crippen molar-refractivity contribution in [1.82, 2.24) is 5.32 Å². The molecule has 0 aromatic heterocycles. The Hall–Kier alpha value is -0.0425. The summed E-state index contributed by atoms with van der Waals surface area (Å²) in [5.41, 5.74) is 0.294. The van der Waals surface area contributed by atoms with Crippen molar-refractivity contribution in [1.29, 1.82) is 0 Å². The van der Waals surface area contributed by atoms with Crippen LogP contribution in [-0.2, 0) is 17.1 Å². The minimum atomic E-state index is -3.46. The molecular formula is C34H75NO4Si4. The normalized spacial score (nSPS) is 13.7. The second-order valence-electron chi connectivity index (χ2n) is 13.4. The van der Waals surface area contributed by atoms with Gasteiger partial charge in [-0.15, -0.1) is 0 Å². The van der Waals surface area contributed by atoms with Crippen LogP contribution < -0.4 is 5.32 Å². The Bertz CT molecular complexity index is 646. The van der Waals surface area contributed by atoms with Crippen molar-refractivity contribution < 1.29 is 17.1 Å². The molecule has 0 fully saturated rings. The van der Waals surface area contributed by atoms with Gasteiger partial charge in [0.05, 0.1) is 5.67 Å². The largest absolute Gasteiger partial charge is 0.493 e. The summed E-state index contributed by atoms with van der Waals surface area (Å²) in [5, 5.41) is 3.47. The first-order valence-electron chi connectivity index (χ1n) is 18.5. The van der Waals surface area contributed by atoms with Gasteiger partial charge < -0.3 is 17.7 Å². The number of carbonyl (C=O) groups is 1. The van der Waals surface area contributed by atoms with Gasteiger partial charge in [-0.2, -0.15) is 0 Å². The Morgan fingerprint density at radius 3 is 0.930 bits per heavy atom. The van der Waals surface area contributed by atoms with Crippen molar-refractivity contribution in [2.24, 2.45) is 0 Å². The molecule has 1 atom stereocenters. The monoisotopic (exact) mass is 673 g/mol. The van der Waals surface area contributed by atoms with E-state index in [-0.39, 0.29) is 11.6 Å². The maximum Gasteiger partial charge on any atom is 0.493 e. The summed E-state index contributed by atoms with van der Waals surface area (Å²) in [6.45, 7) is 28.9. The van der Waals surface area contributed by atoms with Gasteiger partial charge in [0.15, 0.2) is 25.0 Å². The first-order chi connectivity index (χ1) is 20.5. The molecular weight excluding hydrogens is 599 g/mol. The molecule has 0 bridgehead atoms. The summed E-state index contributed by atoms with van der Waals surface area (Å²) in [7, 11) is -10.2. The summed E-state index contributed by atoms with van der Waals surface area (Å²) in [6.07, 6.45) is 10.8. The summed E-state index contributed by atoms with van der Waals surface area (Å²) in [5.74, 6) is -0.0873. The lowest BCUT2D eigenvalue weighted by molar-refractivity contribution is -0.118. The molecule has 0 aliphatic rings. The maximum absolute atomic E-state index is 13.5. The molecule has 1 amide bonds. The van der Waals surface area contributed by atoms with E-state index in [0.29, 0.717) is 5.57 Å². The first-order valence-corrected chi connectivity index (χ1v) is 27.9. The molecule has 1 N–H and O–H groups in total. The smallest absolute Gasteiger partial charge is 0.415 e. The van der Waals surface area contributed by atoms with E-state index in [1.165, 1.54) is 0 Å². The van der Waals surface area contributed by atoms with E-state index in [1.807, 2.05) is 6.92 Å². The van der Waals surface area contributed by atoms with Crippen molar-refractivity contribution in [2.75, 3.05) is 0 Å². The second-order valence-corrected chi connectivity index (χ2v) is 29.4. The minimum Gasteiger partial charge on any atom is -0.415 e. The Morgan fingerprint density at radius 1 is 0.535 bits per heavy atom. The van der Waals surface area contributed by atoms with Crippen molar-refractivity contribution in [2.45, 2.75) is 200 Å². The topological polar surface area (TPSA) is 56.8 Å². The molecule has 0 aliphatic carbocycles. The van der Waals surface area contributed by atoms with E-state index < -0.39 is 33.8 Å². The Morgan fingerprint density at radius 2 is 0.767 bits per heavy atom. The molecule has 0 saturated heterocycles. The van der Waals surface area contributed by atoms with Crippen molar-refractivity contribution >= 4 is 39.7 Å². The van der Waals surface area contributed by atoms with Crippen molar-refractivity contribution in [3.8, 4) is 0 Å². The zero-order valence-corrected chi connectivity index (χ0v) is 34.9. The molecule has 0 aromatic rings. The van der Waals surface area contributed by atoms with Crippen LogP contribution in [0.4, 0.5) is 0 Å². The fraction of sp³-hybridized carbons (Fsp3) is 0.912. The number of hydrogen-bond donors (Lipinski definition) is 1. The summed E-state index contributed by atoms with van der Waals surface area (Å²) in [6, 6.07) is 10.2. The Balaban J connectivity index is 7.95. The number of rotatable bonds is 28. The lowest BCUT2D eigenvalue weighted by atomic mass is 10.3. The highest BCUT2D eigenvalue weighted by Crippen LogP contribution is 2.42. The van der Waals surface area contributed by atoms with Gasteiger partial charge in [0.1, 0.15) is 0 Å². The minimum absolute atomic E-state index is 0.0873. The number of amides is 1. The van der Waals surface area contributed by atoms with Crippen LogP contribution >= 0.6 is 0 Å². The number of carbonyl (C=O) groups excluding carboxylic acids is 1. The van der Waals surface area contributed by atoms with Crippen LogP contribution in [0.3, 0.4) is 0 Å². The van der Waals surface area contributed by atoms with Gasteiger partial charge in [0.25, 0.3) is 0 Å². The average Bonchev–Trinajstić information content (AvgIpc) is 2.92. The quantitative estimate of drug-likeness (QED) is 0.0663. The Kier molecular flexibility index (Phi) is 22.5. The van der Waals surface area contributed by atoms with Crippen molar-refractivity contribution in [3.63, 3.8) is 0 Å². The first kappa shape index (κ1) is 43.0. The second kappa shape index (κ2) is 22.5. The summed E-state index contributed by atoms with van der Waals surface area (Å²) in [4.78, 5) is 13.5. The molecule has 1 unspecified atom stereocenters. The highest BCUT2D eigenvalue weighted by atomic mass is 28.5. The van der Waals surface area contributed by atoms with Gasteiger partial charge >= 0.3 is 8.80 Å². The van der Waals surface area contributed by atoms with Gasteiger partial charge in [-0.1, -0.05) is 134 Å². The van der Waals surface area contributed by atoms with Crippen LogP contribution in [0.2, 0.25) is 54.4 Å². The number of nitrogens with one attached hydrogen (secondary N) is 1. The van der Waals surface area contributed by atoms with E-state index in [9.17, 15) is 4.79 Å². The van der Waals surface area contributed by atoms with E-state index in [2.05, 4.69) is 81.1 Å². The third kappa shape index (κ3) is 13.7. The van der Waals surface area contributed by atoms with Crippen LogP contribution in [-0.4, -0.2) is 45.3 Å². The van der Waals surface area contributed by atoms with Crippen LogP contribution in [0.5, 0.6) is 0 Å². The average molecular weight is 674 g/mol. The van der Waals surface area contributed by atoms with Gasteiger partial charge in [0.2, 0.25) is 5.91 Å². The predicted molar refractivity (Wildman–Crippen MR) is 199 cm³/mol. The molecule has 0 heterocycles. The molecule has 43 heavy (non-hydrogen) atoms. The van der Waals surface area contributed by atoms with Gasteiger partial charge in [0, 0.05) is 5.57 Å². The zero-order valence-electron chi connectivity index (χ0n) is 30.9. The molecule has 0 aliphatic heterocycles. The van der Waals surface area contributed by atoms with Crippen LogP contribution in [0.1, 0.15) is 140 Å². The standard InChI is InChI=1S/C34H75NO4Si4/c1-13-23-40(24-14-2,25-15-3)37-43(33(22-10)35-34(36)32(11)12,38-41(26-16-4,27-17-5)28-18-6)39-42(29-19-7,30-20-8)31-21-9/h33H,11,13-31H2,1-10,12H3,(H,35,36). The molecule has 0 aromatic carbocycles. The maximum atomic E-state index is 13.5. The van der Waals surface area contributed by atoms with Crippen LogP contribution in [0, 0.1) is 0 Å². The number of hydrogen-bond acceptors (Lipinski definition) is 4. The van der Waals surface area contributed by atoms with E-state index in [4.69, 9.17) is 12.3 Å². The lowest BCUT2D eigenvalue weighted by Gasteiger charge is -2.52. The SMILES string of the molecule is C=C(C)C(=O)NC(CC)[Si](O[Si](CCC)(CCC)CCC)(O[Si](CCC)(CCC)CCC)O[Si](CCC)(CCC)CCC.